The molecule has 4 rings (SSSR count). The van der Waals surface area contributed by atoms with E-state index in [0.29, 0.717) is 6.04 Å². The molecular weight excluding hydrogens is 311 g/mol. The molecule has 2 heterocycles. The summed E-state index contributed by atoms with van der Waals surface area (Å²) in [5.74, 6) is -0.214. The lowest BCUT2D eigenvalue weighted by Gasteiger charge is -2.25. The Morgan fingerprint density at radius 2 is 1.78 bits per heavy atom. The van der Waals surface area contributed by atoms with Crippen LogP contribution in [0.5, 0.6) is 0 Å². The zero-order chi connectivity index (χ0) is 15.8. The second-order valence-corrected chi connectivity index (χ2v) is 6.54. The van der Waals surface area contributed by atoms with Gasteiger partial charge in [-0.25, -0.2) is 4.39 Å². The van der Waals surface area contributed by atoms with Crippen LogP contribution in [0.3, 0.4) is 0 Å². The third-order valence-corrected chi connectivity index (χ3v) is 4.89. The molecule has 1 N–H and O–H groups in total. The first-order chi connectivity index (χ1) is 11.2. The van der Waals surface area contributed by atoms with Gasteiger partial charge in [0.2, 0.25) is 0 Å². The number of nitrogens with zero attached hydrogens (tertiary/aromatic N) is 1. The fourth-order valence-corrected chi connectivity index (χ4v) is 3.65. The van der Waals surface area contributed by atoms with E-state index in [2.05, 4.69) is 22.1 Å². The first-order valence-electron chi connectivity index (χ1n) is 7.99. The Morgan fingerprint density at radius 1 is 1.04 bits per heavy atom. The summed E-state index contributed by atoms with van der Waals surface area (Å²) < 4.78 is 15.6. The van der Waals surface area contributed by atoms with E-state index in [-0.39, 0.29) is 5.82 Å². The van der Waals surface area contributed by atoms with Crippen molar-refractivity contribution in [3.05, 3.63) is 59.5 Å². The van der Waals surface area contributed by atoms with Crippen LogP contribution in [0.4, 0.5) is 4.39 Å². The van der Waals surface area contributed by atoms with Gasteiger partial charge in [-0.3, -0.25) is 0 Å². The average molecular weight is 329 g/mol. The maximum Gasteiger partial charge on any atom is 0.123 e. The summed E-state index contributed by atoms with van der Waals surface area (Å²) in [5.41, 5.74) is 3.33. The predicted octanol–water partition coefficient (Wildman–Crippen LogP) is 5.03. The Labute approximate surface area is 139 Å². The molecule has 2 aromatic carbocycles. The van der Waals surface area contributed by atoms with Gasteiger partial charge in [-0.2, -0.15) is 0 Å². The molecule has 0 saturated carbocycles. The third-order valence-electron chi connectivity index (χ3n) is 4.65. The van der Waals surface area contributed by atoms with Crippen molar-refractivity contribution >= 4 is 22.5 Å². The zero-order valence-electron chi connectivity index (χ0n) is 12.7. The van der Waals surface area contributed by atoms with Crippen molar-refractivity contribution in [1.82, 2.24) is 9.88 Å². The van der Waals surface area contributed by atoms with Gasteiger partial charge in [0.1, 0.15) is 5.82 Å². The molecule has 1 aliphatic rings. The van der Waals surface area contributed by atoms with Crippen LogP contribution in [0.2, 0.25) is 5.02 Å². The largest absolute Gasteiger partial charge is 0.344 e. The minimum absolute atomic E-state index is 0.214. The third kappa shape index (κ3) is 2.75. The zero-order valence-corrected chi connectivity index (χ0v) is 13.5. The molecule has 0 aliphatic carbocycles. The molecule has 3 aromatic rings. The molecule has 1 saturated heterocycles. The molecule has 0 bridgehead atoms. The van der Waals surface area contributed by atoms with Gasteiger partial charge in [0.25, 0.3) is 0 Å². The van der Waals surface area contributed by atoms with E-state index >= 15 is 0 Å². The maximum atomic E-state index is 13.2. The number of hydrogen-bond acceptors (Lipinski definition) is 1. The molecule has 1 aliphatic heterocycles. The molecule has 0 radical (unpaired) electrons. The van der Waals surface area contributed by atoms with Gasteiger partial charge in [-0.15, -0.1) is 0 Å². The normalized spacial score (nSPS) is 16.1. The highest BCUT2D eigenvalue weighted by Crippen LogP contribution is 2.36. The summed E-state index contributed by atoms with van der Waals surface area (Å²) in [6.45, 7) is 2.09. The van der Waals surface area contributed by atoms with Crippen LogP contribution >= 0.6 is 11.6 Å². The summed E-state index contributed by atoms with van der Waals surface area (Å²) in [7, 11) is 0. The van der Waals surface area contributed by atoms with Crippen LogP contribution in [0.15, 0.2) is 48.7 Å². The highest BCUT2D eigenvalue weighted by molar-refractivity contribution is 6.31. The number of benzene rings is 2. The van der Waals surface area contributed by atoms with Crippen LogP contribution in [-0.4, -0.2) is 17.7 Å². The number of hydrogen-bond donors (Lipinski definition) is 1. The van der Waals surface area contributed by atoms with E-state index in [1.807, 2.05) is 24.3 Å². The number of rotatable bonds is 2. The van der Waals surface area contributed by atoms with Gasteiger partial charge < -0.3 is 9.88 Å². The van der Waals surface area contributed by atoms with Crippen molar-refractivity contribution in [2.24, 2.45) is 0 Å². The molecule has 2 nitrogen and oxygen atoms in total. The average Bonchev–Trinajstić information content (AvgIpc) is 2.95. The van der Waals surface area contributed by atoms with Crippen LogP contribution in [0.1, 0.15) is 18.9 Å². The van der Waals surface area contributed by atoms with E-state index in [1.54, 1.807) is 0 Å². The summed E-state index contributed by atoms with van der Waals surface area (Å²) in [6.07, 6.45) is 4.44. The smallest absolute Gasteiger partial charge is 0.123 e. The van der Waals surface area contributed by atoms with E-state index in [1.165, 1.54) is 17.6 Å². The second-order valence-electron chi connectivity index (χ2n) is 6.10. The Kier molecular flexibility index (Phi) is 3.83. The van der Waals surface area contributed by atoms with Gasteiger partial charge in [-0.05, 0) is 61.8 Å². The maximum absolute atomic E-state index is 13.2. The first-order valence-corrected chi connectivity index (χ1v) is 8.37. The van der Waals surface area contributed by atoms with Gasteiger partial charge in [0, 0.05) is 33.7 Å². The van der Waals surface area contributed by atoms with Crippen LogP contribution in [-0.2, 0) is 0 Å². The lowest BCUT2D eigenvalue weighted by Crippen LogP contribution is -2.29. The Balaban J connectivity index is 1.89. The van der Waals surface area contributed by atoms with Crippen molar-refractivity contribution in [2.75, 3.05) is 13.1 Å². The fourth-order valence-electron chi connectivity index (χ4n) is 3.47. The van der Waals surface area contributed by atoms with Gasteiger partial charge >= 0.3 is 0 Å². The number of fused-ring (bicyclic) bond motifs is 1. The molecule has 0 atom stereocenters. The minimum atomic E-state index is -0.214. The molecule has 23 heavy (non-hydrogen) atoms. The van der Waals surface area contributed by atoms with E-state index in [0.717, 1.165) is 47.5 Å². The number of halogens is 2. The van der Waals surface area contributed by atoms with Gasteiger partial charge in [0.15, 0.2) is 0 Å². The Morgan fingerprint density at radius 3 is 2.52 bits per heavy atom. The molecule has 0 spiro atoms. The second kappa shape index (κ2) is 5.99. The van der Waals surface area contributed by atoms with Crippen molar-refractivity contribution in [1.29, 1.82) is 0 Å². The molecular formula is C19H18ClFN2. The Bertz CT molecular complexity index is 832. The lowest BCUT2D eigenvalue weighted by atomic mass is 10.1. The highest BCUT2D eigenvalue weighted by atomic mass is 35.5. The van der Waals surface area contributed by atoms with Crippen molar-refractivity contribution in [2.45, 2.75) is 18.9 Å². The number of nitrogens with one attached hydrogen (secondary N) is 1. The first kappa shape index (κ1) is 14.7. The molecule has 0 amide bonds. The number of aromatic nitrogens is 1. The minimum Gasteiger partial charge on any atom is -0.344 e. The standard InChI is InChI=1S/C19H18ClFN2/c20-14-3-6-19-17(11-14)18(13-1-4-15(21)5-2-13)12-23(19)16-7-9-22-10-8-16/h1-6,11-12,16,22H,7-10H2. The topological polar surface area (TPSA) is 17.0 Å². The molecule has 0 unspecified atom stereocenters. The highest BCUT2D eigenvalue weighted by Gasteiger charge is 2.19. The van der Waals surface area contributed by atoms with Crippen molar-refractivity contribution in [3.63, 3.8) is 0 Å². The summed E-state index contributed by atoms with van der Waals surface area (Å²) >= 11 is 6.22. The molecule has 1 fully saturated rings. The molecule has 4 heteroatoms. The fraction of sp³-hybridized carbons (Fsp3) is 0.263. The lowest BCUT2D eigenvalue weighted by molar-refractivity contribution is 0.376. The quantitative estimate of drug-likeness (QED) is 0.698. The van der Waals surface area contributed by atoms with E-state index in [9.17, 15) is 4.39 Å². The van der Waals surface area contributed by atoms with Crippen molar-refractivity contribution in [3.8, 4) is 11.1 Å². The van der Waals surface area contributed by atoms with Crippen molar-refractivity contribution < 1.29 is 4.39 Å². The van der Waals surface area contributed by atoms with Gasteiger partial charge in [-0.1, -0.05) is 23.7 Å². The Hall–Kier alpha value is -1.84. The van der Waals surface area contributed by atoms with E-state index < -0.39 is 0 Å². The van der Waals surface area contributed by atoms with Crippen LogP contribution in [0.25, 0.3) is 22.0 Å². The van der Waals surface area contributed by atoms with E-state index in [4.69, 9.17) is 11.6 Å². The van der Waals surface area contributed by atoms with Crippen LogP contribution in [0, 0.1) is 5.82 Å². The predicted molar refractivity (Wildman–Crippen MR) is 93.5 cm³/mol. The summed E-state index contributed by atoms with van der Waals surface area (Å²) in [4.78, 5) is 0. The molecule has 118 valence electrons. The summed E-state index contributed by atoms with van der Waals surface area (Å²) in [5, 5.41) is 5.26. The SMILES string of the molecule is Fc1ccc(-c2cn(C3CCNCC3)c3ccc(Cl)cc23)cc1. The van der Waals surface area contributed by atoms with Gasteiger partial charge in [0.05, 0.1) is 0 Å². The number of piperidine rings is 1. The monoisotopic (exact) mass is 328 g/mol. The summed E-state index contributed by atoms with van der Waals surface area (Å²) in [6, 6.07) is 13.2. The van der Waals surface area contributed by atoms with Crippen LogP contribution < -0.4 is 5.32 Å². The molecule has 1 aromatic heterocycles.